The zero-order valence-electron chi connectivity index (χ0n) is 7.64. The normalized spacial score (nSPS) is 37.2. The first-order chi connectivity index (χ1) is 6.04. The predicted molar refractivity (Wildman–Crippen MR) is 49.6 cm³/mol. The van der Waals surface area contributed by atoms with Crippen molar-refractivity contribution in [1.29, 1.82) is 0 Å². The van der Waals surface area contributed by atoms with Gasteiger partial charge in [-0.2, -0.15) is 8.42 Å². The number of allylic oxidation sites excluding steroid dienone is 2. The zero-order chi connectivity index (χ0) is 9.47. The van der Waals surface area contributed by atoms with Crippen LogP contribution in [0.5, 0.6) is 0 Å². The van der Waals surface area contributed by atoms with Gasteiger partial charge in [-0.15, -0.1) is 0 Å². The van der Waals surface area contributed by atoms with Crippen molar-refractivity contribution in [2.45, 2.75) is 12.8 Å². The number of hydrogen-bond donors (Lipinski definition) is 0. The van der Waals surface area contributed by atoms with Crippen molar-refractivity contribution in [3.63, 3.8) is 0 Å². The SMILES string of the molecule is CS(=O)(=O)OCC1CC2C=CC1C2. The van der Waals surface area contributed by atoms with E-state index < -0.39 is 10.1 Å². The maximum absolute atomic E-state index is 10.8. The molecule has 2 bridgehead atoms. The lowest BCUT2D eigenvalue weighted by Crippen LogP contribution is -2.17. The lowest BCUT2D eigenvalue weighted by molar-refractivity contribution is 0.235. The molecule has 0 aromatic heterocycles. The Bertz CT molecular complexity index is 318. The van der Waals surface area contributed by atoms with Crippen LogP contribution in [-0.4, -0.2) is 21.3 Å². The maximum atomic E-state index is 10.8. The molecule has 0 aliphatic heterocycles. The van der Waals surface area contributed by atoms with Crippen molar-refractivity contribution >= 4 is 10.1 Å². The molecule has 1 fully saturated rings. The van der Waals surface area contributed by atoms with Gasteiger partial charge in [0.25, 0.3) is 10.1 Å². The van der Waals surface area contributed by atoms with Crippen LogP contribution in [0.4, 0.5) is 0 Å². The number of hydrogen-bond acceptors (Lipinski definition) is 3. The van der Waals surface area contributed by atoms with Crippen molar-refractivity contribution < 1.29 is 12.6 Å². The Morgan fingerprint density at radius 1 is 1.38 bits per heavy atom. The van der Waals surface area contributed by atoms with Gasteiger partial charge in [0.05, 0.1) is 12.9 Å². The summed E-state index contributed by atoms with van der Waals surface area (Å²) in [6.07, 6.45) is 7.83. The predicted octanol–water partition coefficient (Wildman–Crippen LogP) is 1.17. The van der Waals surface area contributed by atoms with Crippen LogP contribution in [-0.2, 0) is 14.3 Å². The van der Waals surface area contributed by atoms with Crippen LogP contribution in [0, 0.1) is 17.8 Å². The molecule has 0 saturated heterocycles. The third-order valence-electron chi connectivity index (χ3n) is 2.91. The molecule has 74 valence electrons. The Kier molecular flexibility index (Phi) is 2.20. The third kappa shape index (κ3) is 2.11. The van der Waals surface area contributed by atoms with Crippen molar-refractivity contribution in [1.82, 2.24) is 0 Å². The van der Waals surface area contributed by atoms with Crippen LogP contribution < -0.4 is 0 Å². The molecule has 2 rings (SSSR count). The van der Waals surface area contributed by atoms with Gasteiger partial charge in [0.2, 0.25) is 0 Å². The van der Waals surface area contributed by atoms with E-state index in [4.69, 9.17) is 4.18 Å². The fourth-order valence-corrected chi connectivity index (χ4v) is 2.72. The molecule has 0 heterocycles. The highest BCUT2D eigenvalue weighted by Crippen LogP contribution is 2.43. The monoisotopic (exact) mass is 202 g/mol. The molecule has 3 atom stereocenters. The summed E-state index contributed by atoms with van der Waals surface area (Å²) in [5.41, 5.74) is 0. The second-order valence-electron chi connectivity index (χ2n) is 4.03. The quantitative estimate of drug-likeness (QED) is 0.510. The van der Waals surface area contributed by atoms with Crippen LogP contribution in [0.15, 0.2) is 12.2 Å². The molecule has 4 heteroatoms. The Labute approximate surface area is 78.9 Å². The topological polar surface area (TPSA) is 43.4 Å². The lowest BCUT2D eigenvalue weighted by Gasteiger charge is -2.16. The van der Waals surface area contributed by atoms with E-state index in [0.29, 0.717) is 24.4 Å². The van der Waals surface area contributed by atoms with Gasteiger partial charge < -0.3 is 0 Å². The molecule has 0 aromatic rings. The van der Waals surface area contributed by atoms with Crippen molar-refractivity contribution in [2.75, 3.05) is 12.9 Å². The van der Waals surface area contributed by atoms with Crippen molar-refractivity contribution in [2.24, 2.45) is 17.8 Å². The molecular formula is C9H14O3S. The van der Waals surface area contributed by atoms with Crippen molar-refractivity contribution in [3.8, 4) is 0 Å². The number of rotatable bonds is 3. The summed E-state index contributed by atoms with van der Waals surface area (Å²) < 4.78 is 26.3. The second-order valence-corrected chi connectivity index (χ2v) is 5.67. The fraction of sp³-hybridized carbons (Fsp3) is 0.778. The average Bonchev–Trinajstić information content (AvgIpc) is 2.58. The van der Waals surface area contributed by atoms with E-state index in [1.807, 2.05) is 0 Å². The van der Waals surface area contributed by atoms with Crippen LogP contribution >= 0.6 is 0 Å². The molecule has 0 amide bonds. The highest BCUT2D eigenvalue weighted by Gasteiger charge is 2.36. The molecule has 2 aliphatic rings. The van der Waals surface area contributed by atoms with Gasteiger partial charge in [0.15, 0.2) is 0 Å². The van der Waals surface area contributed by atoms with E-state index in [0.717, 1.165) is 12.7 Å². The Morgan fingerprint density at radius 3 is 2.62 bits per heavy atom. The molecule has 1 saturated carbocycles. The first-order valence-electron chi connectivity index (χ1n) is 4.57. The van der Waals surface area contributed by atoms with Crippen LogP contribution in [0.25, 0.3) is 0 Å². The summed E-state index contributed by atoms with van der Waals surface area (Å²) in [4.78, 5) is 0. The van der Waals surface area contributed by atoms with E-state index in [1.54, 1.807) is 0 Å². The van der Waals surface area contributed by atoms with Gasteiger partial charge in [-0.1, -0.05) is 12.2 Å². The first kappa shape index (κ1) is 9.21. The van der Waals surface area contributed by atoms with Gasteiger partial charge in [-0.05, 0) is 30.6 Å². The summed E-state index contributed by atoms with van der Waals surface area (Å²) in [7, 11) is -3.25. The Hall–Kier alpha value is -0.350. The molecule has 0 radical (unpaired) electrons. The minimum absolute atomic E-state index is 0.365. The summed E-state index contributed by atoms with van der Waals surface area (Å²) >= 11 is 0. The van der Waals surface area contributed by atoms with Gasteiger partial charge in [-0.3, -0.25) is 4.18 Å². The van der Waals surface area contributed by atoms with Crippen LogP contribution in [0.3, 0.4) is 0 Å². The van der Waals surface area contributed by atoms with Crippen molar-refractivity contribution in [3.05, 3.63) is 12.2 Å². The largest absolute Gasteiger partial charge is 0.270 e. The summed E-state index contributed by atoms with van der Waals surface area (Å²) in [5, 5.41) is 0. The molecular weight excluding hydrogens is 188 g/mol. The minimum Gasteiger partial charge on any atom is -0.270 e. The van der Waals surface area contributed by atoms with Crippen LogP contribution in [0.1, 0.15) is 12.8 Å². The molecule has 2 aliphatic carbocycles. The maximum Gasteiger partial charge on any atom is 0.264 e. The second kappa shape index (κ2) is 3.10. The van der Waals surface area contributed by atoms with E-state index in [2.05, 4.69) is 12.2 Å². The fourth-order valence-electron chi connectivity index (χ4n) is 2.30. The summed E-state index contributed by atoms with van der Waals surface area (Å²) in [5.74, 6) is 1.66. The first-order valence-corrected chi connectivity index (χ1v) is 6.39. The highest BCUT2D eigenvalue weighted by atomic mass is 32.2. The molecule has 3 unspecified atom stereocenters. The zero-order valence-corrected chi connectivity index (χ0v) is 8.46. The van der Waals surface area contributed by atoms with E-state index >= 15 is 0 Å². The van der Waals surface area contributed by atoms with E-state index in [9.17, 15) is 8.42 Å². The van der Waals surface area contributed by atoms with Gasteiger partial charge in [0, 0.05) is 0 Å². The van der Waals surface area contributed by atoms with E-state index in [-0.39, 0.29) is 0 Å². The van der Waals surface area contributed by atoms with Gasteiger partial charge in [0.1, 0.15) is 0 Å². The summed E-state index contributed by atoms with van der Waals surface area (Å²) in [6, 6.07) is 0. The van der Waals surface area contributed by atoms with Gasteiger partial charge in [-0.25, -0.2) is 0 Å². The lowest BCUT2D eigenvalue weighted by atomic mass is 9.95. The molecule has 0 spiro atoms. The van der Waals surface area contributed by atoms with E-state index in [1.165, 1.54) is 6.42 Å². The average molecular weight is 202 g/mol. The summed E-state index contributed by atoms with van der Waals surface area (Å²) in [6.45, 7) is 0.365. The third-order valence-corrected chi connectivity index (χ3v) is 3.48. The van der Waals surface area contributed by atoms with Gasteiger partial charge >= 0.3 is 0 Å². The Balaban J connectivity index is 1.88. The molecule has 0 aromatic carbocycles. The molecule has 0 N–H and O–H groups in total. The standard InChI is InChI=1S/C9H14O3S/c1-13(10,11)12-6-9-5-7-2-3-8(9)4-7/h2-3,7-9H,4-6H2,1H3. The molecule has 3 nitrogen and oxygen atoms in total. The molecule has 13 heavy (non-hydrogen) atoms. The minimum atomic E-state index is -3.25. The highest BCUT2D eigenvalue weighted by molar-refractivity contribution is 7.85. The smallest absolute Gasteiger partial charge is 0.264 e. The van der Waals surface area contributed by atoms with Crippen LogP contribution in [0.2, 0.25) is 0 Å². The Morgan fingerprint density at radius 2 is 2.15 bits per heavy atom. The number of fused-ring (bicyclic) bond motifs is 2.